The Morgan fingerprint density at radius 2 is 1.24 bits per heavy atom. The lowest BCUT2D eigenvalue weighted by molar-refractivity contribution is 0.607. The number of hydrogen-bond donors (Lipinski definition) is 0. The Balaban J connectivity index is 2.09. The lowest BCUT2D eigenvalue weighted by Gasteiger charge is -2.05. The van der Waals surface area contributed by atoms with Gasteiger partial charge in [-0.25, -0.2) is 0 Å². The average Bonchev–Trinajstić information content (AvgIpc) is 2.52. The molecule has 0 saturated carbocycles. The molecule has 0 heterocycles. The van der Waals surface area contributed by atoms with Crippen molar-refractivity contribution in [3.05, 3.63) is 41.8 Å². The standard InChI is InChI=1S/C21H35/c1-3-5-7-9-11-13-15-21-18-16-20(17-19-21)14-12-10-8-6-4-2/h14,16-19H,3-13,15H2,1-2H3. The maximum absolute atomic E-state index is 2.39. The molecular weight excluding hydrogens is 252 g/mol. The Bertz CT molecular complexity index is 322. The van der Waals surface area contributed by atoms with Crippen LogP contribution < -0.4 is 0 Å². The molecule has 0 fully saturated rings. The van der Waals surface area contributed by atoms with Gasteiger partial charge >= 0.3 is 0 Å². The van der Waals surface area contributed by atoms with E-state index in [0.29, 0.717) is 0 Å². The summed E-state index contributed by atoms with van der Waals surface area (Å²) in [5.74, 6) is 0. The van der Waals surface area contributed by atoms with E-state index in [9.17, 15) is 0 Å². The zero-order valence-corrected chi connectivity index (χ0v) is 14.4. The van der Waals surface area contributed by atoms with E-state index in [1.54, 1.807) is 0 Å². The fourth-order valence-corrected chi connectivity index (χ4v) is 2.77. The SMILES string of the molecule is CCCCCC[CH]c1ccc(CCCCCCCC)cc1. The molecular formula is C21H35. The van der Waals surface area contributed by atoms with E-state index in [2.05, 4.69) is 44.5 Å². The molecule has 0 spiro atoms. The van der Waals surface area contributed by atoms with E-state index in [1.165, 1.54) is 88.2 Å². The number of rotatable bonds is 13. The molecule has 0 aromatic heterocycles. The normalized spacial score (nSPS) is 11.0. The van der Waals surface area contributed by atoms with Crippen molar-refractivity contribution < 1.29 is 0 Å². The van der Waals surface area contributed by atoms with Crippen LogP contribution in [0.5, 0.6) is 0 Å². The molecule has 0 atom stereocenters. The molecule has 0 heteroatoms. The van der Waals surface area contributed by atoms with E-state index in [1.807, 2.05) is 0 Å². The van der Waals surface area contributed by atoms with Gasteiger partial charge in [0.1, 0.15) is 0 Å². The van der Waals surface area contributed by atoms with Gasteiger partial charge in [-0.2, -0.15) is 0 Å². The molecule has 1 aromatic rings. The van der Waals surface area contributed by atoms with Gasteiger partial charge in [0.15, 0.2) is 0 Å². The molecule has 0 saturated heterocycles. The number of benzene rings is 1. The highest BCUT2D eigenvalue weighted by Gasteiger charge is 1.97. The Labute approximate surface area is 133 Å². The van der Waals surface area contributed by atoms with Gasteiger partial charge < -0.3 is 0 Å². The second-order valence-electron chi connectivity index (χ2n) is 6.31. The summed E-state index contributed by atoms with van der Waals surface area (Å²) < 4.78 is 0. The maximum Gasteiger partial charge on any atom is -0.00931 e. The molecule has 0 amide bonds. The summed E-state index contributed by atoms with van der Waals surface area (Å²) in [6, 6.07) is 9.24. The van der Waals surface area contributed by atoms with E-state index < -0.39 is 0 Å². The Kier molecular flexibility index (Phi) is 11.2. The summed E-state index contributed by atoms with van der Waals surface area (Å²) in [5, 5.41) is 0. The molecule has 0 N–H and O–H groups in total. The largest absolute Gasteiger partial charge is 0.0654 e. The number of unbranched alkanes of at least 4 members (excludes halogenated alkanes) is 9. The fraction of sp³-hybridized carbons (Fsp3) is 0.667. The molecule has 0 bridgehead atoms. The third-order valence-electron chi connectivity index (χ3n) is 4.24. The summed E-state index contributed by atoms with van der Waals surface area (Å²) in [4.78, 5) is 0. The van der Waals surface area contributed by atoms with Crippen LogP contribution in [0.1, 0.15) is 95.6 Å². The first-order valence-corrected chi connectivity index (χ1v) is 9.29. The highest BCUT2D eigenvalue weighted by Crippen LogP contribution is 2.14. The van der Waals surface area contributed by atoms with Crippen molar-refractivity contribution in [1.82, 2.24) is 0 Å². The van der Waals surface area contributed by atoms with Crippen LogP contribution in [0.25, 0.3) is 0 Å². The average molecular weight is 288 g/mol. The van der Waals surface area contributed by atoms with Crippen molar-refractivity contribution in [2.45, 2.75) is 90.9 Å². The first kappa shape index (κ1) is 18.3. The highest BCUT2D eigenvalue weighted by atomic mass is 14.0. The quantitative estimate of drug-likeness (QED) is 0.339. The summed E-state index contributed by atoms with van der Waals surface area (Å²) >= 11 is 0. The van der Waals surface area contributed by atoms with Crippen molar-refractivity contribution in [2.24, 2.45) is 0 Å². The maximum atomic E-state index is 2.39. The number of aryl methyl sites for hydroxylation is 1. The van der Waals surface area contributed by atoms with Gasteiger partial charge in [0, 0.05) is 0 Å². The van der Waals surface area contributed by atoms with Gasteiger partial charge in [-0.05, 0) is 36.8 Å². The molecule has 119 valence electrons. The van der Waals surface area contributed by atoms with Crippen LogP contribution in [0, 0.1) is 6.42 Å². The first-order chi connectivity index (χ1) is 10.4. The summed E-state index contributed by atoms with van der Waals surface area (Å²) in [5.41, 5.74) is 2.91. The van der Waals surface area contributed by atoms with Crippen molar-refractivity contribution >= 4 is 0 Å². The van der Waals surface area contributed by atoms with Crippen LogP contribution in [0.2, 0.25) is 0 Å². The van der Waals surface area contributed by atoms with Gasteiger partial charge in [-0.1, -0.05) is 95.9 Å². The van der Waals surface area contributed by atoms with Crippen molar-refractivity contribution in [1.29, 1.82) is 0 Å². The minimum absolute atomic E-state index is 1.23. The summed E-state index contributed by atoms with van der Waals surface area (Å²) in [7, 11) is 0. The Hall–Kier alpha value is -0.780. The fourth-order valence-electron chi connectivity index (χ4n) is 2.77. The molecule has 1 radical (unpaired) electrons. The van der Waals surface area contributed by atoms with E-state index in [0.717, 1.165) is 0 Å². The van der Waals surface area contributed by atoms with Crippen LogP contribution in [0.4, 0.5) is 0 Å². The molecule has 0 aliphatic rings. The van der Waals surface area contributed by atoms with Crippen LogP contribution in [0.15, 0.2) is 24.3 Å². The van der Waals surface area contributed by atoms with Crippen molar-refractivity contribution in [3.63, 3.8) is 0 Å². The lowest BCUT2D eigenvalue weighted by atomic mass is 10.0. The third-order valence-corrected chi connectivity index (χ3v) is 4.24. The minimum atomic E-state index is 1.23. The second-order valence-corrected chi connectivity index (χ2v) is 6.31. The van der Waals surface area contributed by atoms with Crippen LogP contribution >= 0.6 is 0 Å². The molecule has 0 aliphatic heterocycles. The van der Waals surface area contributed by atoms with Gasteiger partial charge in [0.2, 0.25) is 0 Å². The summed E-state index contributed by atoms with van der Waals surface area (Å²) in [6.07, 6.45) is 18.6. The molecule has 1 aromatic carbocycles. The first-order valence-electron chi connectivity index (χ1n) is 9.29. The van der Waals surface area contributed by atoms with Crippen molar-refractivity contribution in [3.8, 4) is 0 Å². The van der Waals surface area contributed by atoms with Crippen LogP contribution in [-0.2, 0) is 6.42 Å². The van der Waals surface area contributed by atoms with E-state index in [4.69, 9.17) is 0 Å². The monoisotopic (exact) mass is 287 g/mol. The van der Waals surface area contributed by atoms with Crippen LogP contribution in [0.3, 0.4) is 0 Å². The van der Waals surface area contributed by atoms with Crippen LogP contribution in [-0.4, -0.2) is 0 Å². The molecule has 0 unspecified atom stereocenters. The predicted molar refractivity (Wildman–Crippen MR) is 95.7 cm³/mol. The van der Waals surface area contributed by atoms with Crippen molar-refractivity contribution in [2.75, 3.05) is 0 Å². The summed E-state index contributed by atoms with van der Waals surface area (Å²) in [6.45, 7) is 4.55. The molecule has 0 aliphatic carbocycles. The smallest absolute Gasteiger partial charge is 0.00931 e. The molecule has 1 rings (SSSR count). The molecule has 21 heavy (non-hydrogen) atoms. The highest BCUT2D eigenvalue weighted by molar-refractivity contribution is 5.27. The topological polar surface area (TPSA) is 0 Å². The second kappa shape index (κ2) is 12.9. The predicted octanol–water partition coefficient (Wildman–Crippen LogP) is 7.11. The Morgan fingerprint density at radius 3 is 1.90 bits per heavy atom. The zero-order chi connectivity index (χ0) is 15.2. The number of hydrogen-bond acceptors (Lipinski definition) is 0. The third kappa shape index (κ3) is 9.72. The van der Waals surface area contributed by atoms with Gasteiger partial charge in [0.25, 0.3) is 0 Å². The molecule has 0 nitrogen and oxygen atoms in total. The Morgan fingerprint density at radius 1 is 0.667 bits per heavy atom. The van der Waals surface area contributed by atoms with E-state index in [-0.39, 0.29) is 0 Å². The minimum Gasteiger partial charge on any atom is -0.0654 e. The van der Waals surface area contributed by atoms with Gasteiger partial charge in [-0.3, -0.25) is 0 Å². The van der Waals surface area contributed by atoms with Gasteiger partial charge in [0.05, 0.1) is 0 Å². The zero-order valence-electron chi connectivity index (χ0n) is 14.4. The van der Waals surface area contributed by atoms with E-state index >= 15 is 0 Å². The van der Waals surface area contributed by atoms with Gasteiger partial charge in [-0.15, -0.1) is 0 Å². The lowest BCUT2D eigenvalue weighted by Crippen LogP contribution is -1.88.